The molecule has 3 unspecified atom stereocenters. The maximum absolute atomic E-state index is 11.2. The molecule has 0 amide bonds. The molecule has 1 fully saturated rings. The molecule has 0 spiro atoms. The van der Waals surface area contributed by atoms with Crippen molar-refractivity contribution in [3.8, 4) is 0 Å². The van der Waals surface area contributed by atoms with Crippen molar-refractivity contribution < 1.29 is 17.9 Å². The first kappa shape index (κ1) is 14.8. The highest BCUT2D eigenvalue weighted by atomic mass is 32.2. The summed E-state index contributed by atoms with van der Waals surface area (Å²) in [5.74, 6) is 0.0791. The first-order chi connectivity index (χ1) is 8.04. The molecule has 0 radical (unpaired) electrons. The van der Waals surface area contributed by atoms with Gasteiger partial charge in [-0.2, -0.15) is 0 Å². The molecule has 0 aromatic carbocycles. The van der Waals surface area contributed by atoms with Crippen molar-refractivity contribution in [3.63, 3.8) is 0 Å². The second kappa shape index (κ2) is 6.65. The number of hydrogen-bond acceptors (Lipinski definition) is 5. The predicted octanol–water partition coefficient (Wildman–Crippen LogP) is -0.682. The molecule has 0 heterocycles. The molecule has 1 rings (SSSR count). The molecular formula is C10H22N2O4S. The SMILES string of the molecule is CCOC1CC(NCCS(=O)(=O)NC)C1OC. The van der Waals surface area contributed by atoms with Crippen molar-refractivity contribution in [1.82, 2.24) is 10.0 Å². The van der Waals surface area contributed by atoms with Crippen LogP contribution >= 0.6 is 0 Å². The van der Waals surface area contributed by atoms with E-state index in [2.05, 4.69) is 10.0 Å². The Morgan fingerprint density at radius 1 is 1.41 bits per heavy atom. The van der Waals surface area contributed by atoms with Crippen LogP contribution in [0.4, 0.5) is 0 Å². The highest BCUT2D eigenvalue weighted by Gasteiger charge is 2.41. The fraction of sp³-hybridized carbons (Fsp3) is 1.00. The molecule has 3 atom stereocenters. The maximum atomic E-state index is 11.2. The predicted molar refractivity (Wildman–Crippen MR) is 65.5 cm³/mol. The van der Waals surface area contributed by atoms with Gasteiger partial charge in [-0.1, -0.05) is 0 Å². The number of ether oxygens (including phenoxy) is 2. The summed E-state index contributed by atoms with van der Waals surface area (Å²) < 4.78 is 35.5. The second-order valence-electron chi connectivity index (χ2n) is 4.01. The van der Waals surface area contributed by atoms with E-state index >= 15 is 0 Å². The highest BCUT2D eigenvalue weighted by Crippen LogP contribution is 2.26. The van der Waals surface area contributed by atoms with Crippen LogP contribution in [0.15, 0.2) is 0 Å². The Labute approximate surface area is 103 Å². The molecule has 102 valence electrons. The van der Waals surface area contributed by atoms with Crippen LogP contribution in [0.3, 0.4) is 0 Å². The van der Waals surface area contributed by atoms with Gasteiger partial charge in [0.2, 0.25) is 10.0 Å². The van der Waals surface area contributed by atoms with E-state index in [4.69, 9.17) is 9.47 Å². The molecule has 7 heteroatoms. The van der Waals surface area contributed by atoms with Crippen molar-refractivity contribution in [2.45, 2.75) is 31.6 Å². The first-order valence-electron chi connectivity index (χ1n) is 5.83. The van der Waals surface area contributed by atoms with Crippen molar-refractivity contribution in [1.29, 1.82) is 0 Å². The van der Waals surface area contributed by atoms with E-state index in [0.717, 1.165) is 6.42 Å². The zero-order valence-corrected chi connectivity index (χ0v) is 11.4. The Kier molecular flexibility index (Phi) is 5.81. The number of rotatable bonds is 8. The van der Waals surface area contributed by atoms with Crippen LogP contribution in [-0.4, -0.2) is 59.7 Å². The van der Waals surface area contributed by atoms with Crippen LogP contribution in [-0.2, 0) is 19.5 Å². The van der Waals surface area contributed by atoms with Crippen LogP contribution in [0.5, 0.6) is 0 Å². The van der Waals surface area contributed by atoms with Gasteiger partial charge in [-0.3, -0.25) is 0 Å². The zero-order valence-electron chi connectivity index (χ0n) is 10.6. The van der Waals surface area contributed by atoms with E-state index in [-0.39, 0.29) is 24.0 Å². The number of hydrogen-bond donors (Lipinski definition) is 2. The largest absolute Gasteiger partial charge is 0.377 e. The highest BCUT2D eigenvalue weighted by molar-refractivity contribution is 7.89. The van der Waals surface area contributed by atoms with E-state index in [0.29, 0.717) is 13.2 Å². The second-order valence-corrected chi connectivity index (χ2v) is 6.06. The molecule has 0 saturated heterocycles. The van der Waals surface area contributed by atoms with Gasteiger partial charge in [0.1, 0.15) is 0 Å². The molecule has 0 bridgehead atoms. The van der Waals surface area contributed by atoms with Crippen molar-refractivity contribution in [2.75, 3.05) is 33.1 Å². The summed E-state index contributed by atoms with van der Waals surface area (Å²) in [5.41, 5.74) is 0. The Hall–Kier alpha value is -0.210. The van der Waals surface area contributed by atoms with Crippen molar-refractivity contribution >= 4 is 10.0 Å². The van der Waals surface area contributed by atoms with Crippen LogP contribution < -0.4 is 10.0 Å². The monoisotopic (exact) mass is 266 g/mol. The lowest BCUT2D eigenvalue weighted by molar-refractivity contribution is -0.130. The van der Waals surface area contributed by atoms with Gasteiger partial charge < -0.3 is 14.8 Å². The van der Waals surface area contributed by atoms with Gasteiger partial charge in [0.05, 0.1) is 18.0 Å². The lowest BCUT2D eigenvalue weighted by atomic mass is 9.85. The lowest BCUT2D eigenvalue weighted by Gasteiger charge is -2.43. The average Bonchev–Trinajstić information content (AvgIpc) is 2.27. The quantitative estimate of drug-likeness (QED) is 0.608. The minimum atomic E-state index is -3.13. The van der Waals surface area contributed by atoms with Crippen LogP contribution in [0, 0.1) is 0 Å². The third-order valence-corrected chi connectivity index (χ3v) is 4.35. The maximum Gasteiger partial charge on any atom is 0.212 e. The molecule has 1 aliphatic rings. The Morgan fingerprint density at radius 3 is 2.65 bits per heavy atom. The van der Waals surface area contributed by atoms with E-state index < -0.39 is 10.0 Å². The average molecular weight is 266 g/mol. The number of sulfonamides is 1. The molecular weight excluding hydrogens is 244 g/mol. The van der Waals surface area contributed by atoms with Gasteiger partial charge in [-0.05, 0) is 20.4 Å². The molecule has 0 aliphatic heterocycles. The standard InChI is InChI=1S/C10H22N2O4S/c1-4-16-9-7-8(10(9)15-3)12-5-6-17(13,14)11-2/h8-12H,4-7H2,1-3H3. The van der Waals surface area contributed by atoms with Crippen molar-refractivity contribution in [3.05, 3.63) is 0 Å². The van der Waals surface area contributed by atoms with Crippen LogP contribution in [0.1, 0.15) is 13.3 Å². The number of nitrogens with one attached hydrogen (secondary N) is 2. The molecule has 0 aromatic rings. The first-order valence-corrected chi connectivity index (χ1v) is 7.48. The van der Waals surface area contributed by atoms with Gasteiger partial charge in [0.15, 0.2) is 0 Å². The van der Waals surface area contributed by atoms with E-state index in [1.165, 1.54) is 7.05 Å². The third kappa shape index (κ3) is 4.18. The van der Waals surface area contributed by atoms with Gasteiger partial charge in [0.25, 0.3) is 0 Å². The summed E-state index contributed by atoms with van der Waals surface area (Å²) in [6.07, 6.45) is 1.02. The topological polar surface area (TPSA) is 76.7 Å². The van der Waals surface area contributed by atoms with E-state index in [1.807, 2.05) is 6.92 Å². The van der Waals surface area contributed by atoms with Gasteiger partial charge in [-0.25, -0.2) is 13.1 Å². The lowest BCUT2D eigenvalue weighted by Crippen LogP contribution is -2.60. The Morgan fingerprint density at radius 2 is 2.12 bits per heavy atom. The summed E-state index contributed by atoms with van der Waals surface area (Å²) in [4.78, 5) is 0. The van der Waals surface area contributed by atoms with Gasteiger partial charge in [-0.15, -0.1) is 0 Å². The van der Waals surface area contributed by atoms with Crippen LogP contribution in [0.2, 0.25) is 0 Å². The zero-order chi connectivity index (χ0) is 12.9. The number of methoxy groups -OCH3 is 1. The molecule has 0 aromatic heterocycles. The Bertz CT molecular complexity index is 320. The summed E-state index contributed by atoms with van der Waals surface area (Å²) in [6.45, 7) is 3.05. The fourth-order valence-corrected chi connectivity index (χ4v) is 2.55. The summed E-state index contributed by atoms with van der Waals surface area (Å²) in [6, 6.07) is 0.184. The van der Waals surface area contributed by atoms with Gasteiger partial charge >= 0.3 is 0 Å². The molecule has 17 heavy (non-hydrogen) atoms. The fourth-order valence-electron chi connectivity index (χ4n) is 1.96. The Balaban J connectivity index is 2.25. The van der Waals surface area contributed by atoms with Crippen molar-refractivity contribution in [2.24, 2.45) is 0 Å². The molecule has 1 aliphatic carbocycles. The minimum absolute atomic E-state index is 0.0206. The minimum Gasteiger partial charge on any atom is -0.377 e. The molecule has 1 saturated carbocycles. The summed E-state index contributed by atoms with van der Waals surface area (Å²) in [5, 5.41) is 3.17. The molecule has 6 nitrogen and oxygen atoms in total. The smallest absolute Gasteiger partial charge is 0.212 e. The summed E-state index contributed by atoms with van der Waals surface area (Å²) >= 11 is 0. The summed E-state index contributed by atoms with van der Waals surface area (Å²) in [7, 11) is -0.0657. The van der Waals surface area contributed by atoms with Crippen LogP contribution in [0.25, 0.3) is 0 Å². The van der Waals surface area contributed by atoms with E-state index in [1.54, 1.807) is 7.11 Å². The third-order valence-electron chi connectivity index (χ3n) is 2.99. The van der Waals surface area contributed by atoms with Gasteiger partial charge in [0, 0.05) is 26.3 Å². The molecule has 2 N–H and O–H groups in total. The normalized spacial score (nSPS) is 29.0. The van der Waals surface area contributed by atoms with E-state index in [9.17, 15) is 8.42 Å².